The predicted molar refractivity (Wildman–Crippen MR) is 109 cm³/mol. The molecule has 0 saturated carbocycles. The molecule has 0 spiro atoms. The Kier molecular flexibility index (Phi) is 7.10. The van der Waals surface area contributed by atoms with Gasteiger partial charge in [-0.2, -0.15) is 0 Å². The molecule has 0 radical (unpaired) electrons. The normalized spacial score (nSPS) is 11.0. The first-order chi connectivity index (χ1) is 13.1. The van der Waals surface area contributed by atoms with E-state index in [4.69, 9.17) is 4.74 Å². The molecule has 0 heterocycles. The molecule has 2 aromatic rings. The van der Waals surface area contributed by atoms with Crippen molar-refractivity contribution in [1.82, 2.24) is 0 Å². The molecule has 5 heteroatoms. The number of carbonyl (C=O) groups excluding carboxylic acids is 3. The van der Waals surface area contributed by atoms with Gasteiger partial charge in [-0.1, -0.05) is 45.0 Å². The smallest absolute Gasteiger partial charge is 0.306 e. The van der Waals surface area contributed by atoms with E-state index in [1.807, 2.05) is 12.1 Å². The highest BCUT2D eigenvalue weighted by Crippen LogP contribution is 2.22. The number of rotatable bonds is 7. The van der Waals surface area contributed by atoms with Crippen molar-refractivity contribution in [3.63, 3.8) is 0 Å². The molecule has 0 aliphatic carbocycles. The van der Waals surface area contributed by atoms with Gasteiger partial charge in [0.05, 0.1) is 0 Å². The van der Waals surface area contributed by atoms with E-state index in [1.165, 1.54) is 12.5 Å². The quantitative estimate of drug-likeness (QED) is 0.573. The maximum Gasteiger partial charge on any atom is 0.306 e. The molecular weight excluding hydrogens is 354 g/mol. The monoisotopic (exact) mass is 381 g/mol. The van der Waals surface area contributed by atoms with Gasteiger partial charge in [-0.3, -0.25) is 14.4 Å². The third kappa shape index (κ3) is 6.65. The van der Waals surface area contributed by atoms with Gasteiger partial charge in [0.2, 0.25) is 0 Å². The number of aryl methyl sites for hydroxylation is 1. The third-order valence-electron chi connectivity index (χ3n) is 4.38. The first-order valence-electron chi connectivity index (χ1n) is 9.31. The van der Waals surface area contributed by atoms with Crippen molar-refractivity contribution in [2.75, 3.05) is 11.9 Å². The van der Waals surface area contributed by atoms with Gasteiger partial charge >= 0.3 is 5.97 Å². The van der Waals surface area contributed by atoms with Crippen LogP contribution in [-0.2, 0) is 26.2 Å². The lowest BCUT2D eigenvalue weighted by Gasteiger charge is -2.19. The Labute approximate surface area is 166 Å². The summed E-state index contributed by atoms with van der Waals surface area (Å²) in [6.07, 6.45) is 0.785. The van der Waals surface area contributed by atoms with Crippen LogP contribution in [0.25, 0.3) is 0 Å². The molecule has 0 aliphatic heterocycles. The molecule has 0 saturated heterocycles. The first-order valence-corrected chi connectivity index (χ1v) is 9.31. The summed E-state index contributed by atoms with van der Waals surface area (Å²) in [4.78, 5) is 35.0. The lowest BCUT2D eigenvalue weighted by atomic mass is 9.86. The number of hydrogen-bond acceptors (Lipinski definition) is 4. The minimum Gasteiger partial charge on any atom is -0.456 e. The Morgan fingerprint density at radius 1 is 0.929 bits per heavy atom. The Morgan fingerprint density at radius 2 is 1.54 bits per heavy atom. The second-order valence-corrected chi connectivity index (χ2v) is 7.79. The molecule has 28 heavy (non-hydrogen) atoms. The summed E-state index contributed by atoms with van der Waals surface area (Å²) < 4.78 is 5.03. The van der Waals surface area contributed by atoms with Gasteiger partial charge in [0.1, 0.15) is 0 Å². The number of ketones is 1. The second-order valence-electron chi connectivity index (χ2n) is 7.79. The summed E-state index contributed by atoms with van der Waals surface area (Å²) in [5.74, 6) is -0.875. The van der Waals surface area contributed by atoms with Crippen LogP contribution in [-0.4, -0.2) is 24.3 Å². The van der Waals surface area contributed by atoms with Crippen LogP contribution < -0.4 is 5.32 Å². The maximum absolute atomic E-state index is 11.9. The van der Waals surface area contributed by atoms with Gasteiger partial charge in [-0.05, 0) is 54.2 Å². The van der Waals surface area contributed by atoms with Gasteiger partial charge in [-0.15, -0.1) is 0 Å². The van der Waals surface area contributed by atoms with Crippen LogP contribution in [0.4, 0.5) is 5.69 Å². The number of benzene rings is 2. The molecule has 0 bridgehead atoms. The molecule has 0 atom stereocenters. The molecule has 0 aromatic heterocycles. The van der Waals surface area contributed by atoms with Crippen molar-refractivity contribution in [2.45, 2.75) is 46.0 Å². The second kappa shape index (κ2) is 9.31. The Bertz CT molecular complexity index is 830. The summed E-state index contributed by atoms with van der Waals surface area (Å²) >= 11 is 0. The van der Waals surface area contributed by atoms with E-state index < -0.39 is 11.9 Å². The highest BCUT2D eigenvalue weighted by Gasteiger charge is 2.13. The van der Waals surface area contributed by atoms with Gasteiger partial charge in [-0.25, -0.2) is 0 Å². The van der Waals surface area contributed by atoms with E-state index in [0.717, 1.165) is 5.56 Å². The zero-order chi connectivity index (χ0) is 20.7. The molecular formula is C23H27NO4. The fraction of sp³-hybridized carbons (Fsp3) is 0.348. The van der Waals surface area contributed by atoms with Crippen LogP contribution in [0.1, 0.15) is 55.6 Å². The van der Waals surface area contributed by atoms with Crippen molar-refractivity contribution in [3.05, 3.63) is 65.2 Å². The van der Waals surface area contributed by atoms with Crippen LogP contribution in [0.2, 0.25) is 0 Å². The van der Waals surface area contributed by atoms with Crippen LogP contribution >= 0.6 is 0 Å². The zero-order valence-electron chi connectivity index (χ0n) is 16.9. The SMILES string of the molecule is CC(=O)c1ccc(NC(=O)COC(=O)CCc2ccc(C(C)(C)C)cc2)cc1. The van der Waals surface area contributed by atoms with E-state index in [0.29, 0.717) is 17.7 Å². The van der Waals surface area contributed by atoms with E-state index in [-0.39, 0.29) is 24.2 Å². The van der Waals surface area contributed by atoms with Crippen LogP contribution in [0, 0.1) is 0 Å². The van der Waals surface area contributed by atoms with E-state index in [2.05, 4.69) is 38.2 Å². The molecule has 1 amide bonds. The molecule has 1 N–H and O–H groups in total. The number of Topliss-reactive ketones (excluding diaryl/α,β-unsaturated/α-hetero) is 1. The number of ether oxygens (including phenoxy) is 1. The average molecular weight is 381 g/mol. The Morgan fingerprint density at radius 3 is 2.07 bits per heavy atom. The fourth-order valence-electron chi connectivity index (χ4n) is 2.62. The standard InChI is InChI=1S/C23H27NO4/c1-16(25)18-8-12-20(13-9-18)24-21(26)15-28-22(27)14-7-17-5-10-19(11-6-17)23(2,3)4/h5-6,8-13H,7,14-15H2,1-4H3,(H,24,26). The average Bonchev–Trinajstić information content (AvgIpc) is 2.64. The van der Waals surface area contributed by atoms with Crippen molar-refractivity contribution < 1.29 is 19.1 Å². The molecule has 2 rings (SSSR count). The summed E-state index contributed by atoms with van der Waals surface area (Å²) in [5.41, 5.74) is 3.51. The molecule has 5 nitrogen and oxygen atoms in total. The molecule has 148 valence electrons. The van der Waals surface area contributed by atoms with E-state index >= 15 is 0 Å². The number of hydrogen-bond donors (Lipinski definition) is 1. The lowest BCUT2D eigenvalue weighted by molar-refractivity contribution is -0.147. The van der Waals surface area contributed by atoms with E-state index in [9.17, 15) is 14.4 Å². The molecule has 2 aromatic carbocycles. The summed E-state index contributed by atoms with van der Waals surface area (Å²) in [6, 6.07) is 14.7. The zero-order valence-corrected chi connectivity index (χ0v) is 16.9. The topological polar surface area (TPSA) is 72.5 Å². The van der Waals surface area contributed by atoms with Gasteiger partial charge < -0.3 is 10.1 Å². The maximum atomic E-state index is 11.9. The van der Waals surface area contributed by atoms with Crippen molar-refractivity contribution in [3.8, 4) is 0 Å². The Hall–Kier alpha value is -2.95. The Balaban J connectivity index is 1.74. The summed E-state index contributed by atoms with van der Waals surface area (Å²) in [5, 5.41) is 2.63. The number of anilines is 1. The fourth-order valence-corrected chi connectivity index (χ4v) is 2.62. The molecule has 0 aliphatic rings. The van der Waals surface area contributed by atoms with Crippen molar-refractivity contribution in [1.29, 1.82) is 0 Å². The van der Waals surface area contributed by atoms with Crippen molar-refractivity contribution >= 4 is 23.3 Å². The summed E-state index contributed by atoms with van der Waals surface area (Å²) in [7, 11) is 0. The highest BCUT2D eigenvalue weighted by molar-refractivity contribution is 5.96. The van der Waals surface area contributed by atoms with Crippen LogP contribution in [0.3, 0.4) is 0 Å². The van der Waals surface area contributed by atoms with Crippen LogP contribution in [0.5, 0.6) is 0 Å². The molecule has 0 fully saturated rings. The lowest BCUT2D eigenvalue weighted by Crippen LogP contribution is -2.21. The minimum atomic E-state index is -0.418. The van der Waals surface area contributed by atoms with Gasteiger partial charge in [0.15, 0.2) is 12.4 Å². The number of esters is 1. The number of carbonyl (C=O) groups is 3. The van der Waals surface area contributed by atoms with Gasteiger partial charge in [0.25, 0.3) is 5.91 Å². The van der Waals surface area contributed by atoms with E-state index in [1.54, 1.807) is 24.3 Å². The summed E-state index contributed by atoms with van der Waals surface area (Å²) in [6.45, 7) is 7.61. The van der Waals surface area contributed by atoms with Gasteiger partial charge in [0, 0.05) is 17.7 Å². The molecule has 0 unspecified atom stereocenters. The first kappa shape index (κ1) is 21.4. The number of nitrogens with one attached hydrogen (secondary N) is 1. The van der Waals surface area contributed by atoms with Crippen LogP contribution in [0.15, 0.2) is 48.5 Å². The third-order valence-corrected chi connectivity index (χ3v) is 4.38. The minimum absolute atomic E-state index is 0.0418. The van der Waals surface area contributed by atoms with Crippen molar-refractivity contribution in [2.24, 2.45) is 0 Å². The number of amides is 1. The predicted octanol–water partition coefficient (Wildman–Crippen LogP) is 4.30. The largest absolute Gasteiger partial charge is 0.456 e. The highest BCUT2D eigenvalue weighted by atomic mass is 16.5.